The molecule has 0 spiro atoms. The quantitative estimate of drug-likeness (QED) is 0.390. The number of carbonyl (C=O) groups excluding carboxylic acids is 4. The molecule has 1 atom stereocenters. The molecule has 0 bridgehead atoms. The van der Waals surface area contributed by atoms with E-state index < -0.39 is 42.4 Å². The molecular weight excluding hydrogens is 404 g/mol. The van der Waals surface area contributed by atoms with Crippen LogP contribution in [0.25, 0.3) is 0 Å². The van der Waals surface area contributed by atoms with Crippen LogP contribution in [0, 0.1) is 0 Å². The van der Waals surface area contributed by atoms with Gasteiger partial charge in [0.05, 0.1) is 14.2 Å². The van der Waals surface area contributed by atoms with Gasteiger partial charge in [0.1, 0.15) is 12.1 Å². The first-order valence-corrected chi connectivity index (χ1v) is 9.40. The van der Waals surface area contributed by atoms with Gasteiger partial charge in [-0.3, -0.25) is 19.3 Å². The number of benzene rings is 2. The molecule has 1 saturated heterocycles. The third kappa shape index (κ3) is 4.35. The van der Waals surface area contributed by atoms with E-state index in [2.05, 4.69) is 5.32 Å². The summed E-state index contributed by atoms with van der Waals surface area (Å²) >= 11 is 0. The van der Waals surface area contributed by atoms with E-state index in [0.717, 1.165) is 4.90 Å². The van der Waals surface area contributed by atoms with Crippen molar-refractivity contribution in [2.45, 2.75) is 12.5 Å². The highest BCUT2D eigenvalue weighted by molar-refractivity contribution is 6.09. The number of amides is 3. The smallest absolute Gasteiger partial charge is 0.326 e. The Labute approximate surface area is 178 Å². The molecule has 1 N–H and O–H groups in total. The number of esters is 1. The number of hydrogen-bond donors (Lipinski definition) is 1. The minimum Gasteiger partial charge on any atom is -0.493 e. The Hall–Kier alpha value is -3.88. The van der Waals surface area contributed by atoms with Crippen LogP contribution in [0.3, 0.4) is 0 Å². The normalized spacial score (nSPS) is 17.8. The number of nitrogens with one attached hydrogen (secondary N) is 1. The predicted molar refractivity (Wildman–Crippen MR) is 109 cm³/mol. The molecule has 1 aliphatic rings. The number of methoxy groups -OCH3 is 2. The summed E-state index contributed by atoms with van der Waals surface area (Å²) in [5.74, 6) is -1.11. The van der Waals surface area contributed by atoms with Crippen molar-refractivity contribution in [1.29, 1.82) is 0 Å². The summed E-state index contributed by atoms with van der Waals surface area (Å²) in [6.07, 6.45) is 0. The Balaban J connectivity index is 1.61. The first-order valence-electron chi connectivity index (χ1n) is 9.40. The van der Waals surface area contributed by atoms with Crippen molar-refractivity contribution < 1.29 is 33.4 Å². The van der Waals surface area contributed by atoms with Gasteiger partial charge in [-0.15, -0.1) is 0 Å². The van der Waals surface area contributed by atoms with E-state index >= 15 is 0 Å². The third-order valence-corrected chi connectivity index (χ3v) is 4.98. The van der Waals surface area contributed by atoms with Crippen molar-refractivity contribution in [3.05, 3.63) is 59.7 Å². The fourth-order valence-corrected chi connectivity index (χ4v) is 3.22. The molecular formula is C22H22N2O7. The van der Waals surface area contributed by atoms with Crippen LogP contribution in [0.15, 0.2) is 48.5 Å². The van der Waals surface area contributed by atoms with E-state index in [4.69, 9.17) is 14.2 Å². The van der Waals surface area contributed by atoms with E-state index in [1.54, 1.807) is 43.3 Å². The van der Waals surface area contributed by atoms with Crippen LogP contribution >= 0.6 is 0 Å². The van der Waals surface area contributed by atoms with E-state index in [9.17, 15) is 19.2 Å². The molecule has 3 rings (SSSR count). The van der Waals surface area contributed by atoms with Gasteiger partial charge in [0.15, 0.2) is 23.9 Å². The average Bonchev–Trinajstić information content (AvgIpc) is 3.01. The monoisotopic (exact) mass is 426 g/mol. The summed E-state index contributed by atoms with van der Waals surface area (Å²) < 4.78 is 15.2. The molecule has 3 amide bonds. The van der Waals surface area contributed by atoms with Crippen LogP contribution in [0.1, 0.15) is 22.8 Å². The molecule has 1 unspecified atom stereocenters. The molecule has 1 fully saturated rings. The standard InChI is InChI=1S/C22H22N2O7/c1-22(15-7-5-4-6-8-15)20(27)24(21(28)23-22)12-19(26)31-13-16(25)14-9-10-17(29-2)18(11-14)30-3/h4-11H,12-13H2,1-3H3,(H,23,28). The fraction of sp³-hybridized carbons (Fsp3) is 0.273. The maximum Gasteiger partial charge on any atom is 0.326 e. The number of imide groups is 1. The Bertz CT molecular complexity index is 1020. The molecule has 1 aliphatic heterocycles. The van der Waals surface area contributed by atoms with Crippen molar-refractivity contribution in [3.8, 4) is 11.5 Å². The zero-order chi connectivity index (χ0) is 22.6. The minimum atomic E-state index is -1.28. The molecule has 0 saturated carbocycles. The van der Waals surface area contributed by atoms with Crippen LogP contribution in [0.2, 0.25) is 0 Å². The zero-order valence-corrected chi connectivity index (χ0v) is 17.3. The highest BCUT2D eigenvalue weighted by Gasteiger charge is 2.49. The first kappa shape index (κ1) is 21.8. The maximum atomic E-state index is 12.8. The Morgan fingerprint density at radius 1 is 1.00 bits per heavy atom. The van der Waals surface area contributed by atoms with Crippen molar-refractivity contribution in [2.24, 2.45) is 0 Å². The SMILES string of the molecule is COc1ccc(C(=O)COC(=O)CN2C(=O)NC(C)(c3ccccc3)C2=O)cc1OC. The molecule has 9 nitrogen and oxygen atoms in total. The number of Topliss-reactive ketones (excluding diaryl/α,β-unsaturated/α-hetero) is 1. The summed E-state index contributed by atoms with van der Waals surface area (Å²) in [7, 11) is 2.91. The fourth-order valence-electron chi connectivity index (χ4n) is 3.22. The van der Waals surface area contributed by atoms with Crippen LogP contribution in [0.5, 0.6) is 11.5 Å². The molecule has 0 radical (unpaired) electrons. The van der Waals surface area contributed by atoms with Crippen molar-refractivity contribution in [2.75, 3.05) is 27.4 Å². The second-order valence-electron chi connectivity index (χ2n) is 6.97. The lowest BCUT2D eigenvalue weighted by molar-refractivity contribution is -0.146. The summed E-state index contributed by atoms with van der Waals surface area (Å²) in [4.78, 5) is 50.4. The number of ketones is 1. The van der Waals surface area contributed by atoms with Crippen molar-refractivity contribution in [1.82, 2.24) is 10.2 Å². The van der Waals surface area contributed by atoms with Gasteiger partial charge < -0.3 is 19.5 Å². The highest BCUT2D eigenvalue weighted by Crippen LogP contribution is 2.29. The van der Waals surface area contributed by atoms with E-state index in [-0.39, 0.29) is 5.56 Å². The summed E-state index contributed by atoms with van der Waals surface area (Å²) in [5, 5.41) is 2.60. The third-order valence-electron chi connectivity index (χ3n) is 4.98. The summed E-state index contributed by atoms with van der Waals surface area (Å²) in [5.41, 5.74) is -0.432. The van der Waals surface area contributed by atoms with Gasteiger partial charge in [-0.25, -0.2) is 4.79 Å². The number of ether oxygens (including phenoxy) is 3. The Kier molecular flexibility index (Phi) is 6.24. The van der Waals surface area contributed by atoms with E-state index in [1.807, 2.05) is 0 Å². The lowest BCUT2D eigenvalue weighted by atomic mass is 9.92. The van der Waals surface area contributed by atoms with Gasteiger partial charge in [0.2, 0.25) is 0 Å². The molecule has 0 aliphatic carbocycles. The first-order chi connectivity index (χ1) is 14.8. The molecule has 0 aromatic heterocycles. The topological polar surface area (TPSA) is 111 Å². The summed E-state index contributed by atoms with van der Waals surface area (Å²) in [6.45, 7) is 0.411. The molecule has 2 aromatic carbocycles. The van der Waals surface area contributed by atoms with Crippen LogP contribution < -0.4 is 14.8 Å². The Morgan fingerprint density at radius 3 is 2.32 bits per heavy atom. The van der Waals surface area contributed by atoms with Crippen LogP contribution in [-0.2, 0) is 19.9 Å². The van der Waals surface area contributed by atoms with Crippen LogP contribution in [0.4, 0.5) is 4.79 Å². The van der Waals surface area contributed by atoms with Crippen LogP contribution in [-0.4, -0.2) is 56.0 Å². The minimum absolute atomic E-state index is 0.261. The lowest BCUT2D eigenvalue weighted by Gasteiger charge is -2.21. The molecule has 2 aromatic rings. The summed E-state index contributed by atoms with van der Waals surface area (Å²) in [6, 6.07) is 12.5. The molecule has 9 heteroatoms. The largest absolute Gasteiger partial charge is 0.493 e. The number of hydrogen-bond acceptors (Lipinski definition) is 7. The van der Waals surface area contributed by atoms with Crippen molar-refractivity contribution >= 4 is 23.7 Å². The van der Waals surface area contributed by atoms with E-state index in [1.165, 1.54) is 26.4 Å². The zero-order valence-electron chi connectivity index (χ0n) is 17.3. The second kappa shape index (κ2) is 8.86. The number of carbonyl (C=O) groups is 4. The number of rotatable bonds is 8. The van der Waals surface area contributed by atoms with E-state index in [0.29, 0.717) is 17.1 Å². The molecule has 162 valence electrons. The Morgan fingerprint density at radius 2 is 1.68 bits per heavy atom. The van der Waals surface area contributed by atoms with Gasteiger partial charge >= 0.3 is 12.0 Å². The maximum absolute atomic E-state index is 12.8. The second-order valence-corrected chi connectivity index (χ2v) is 6.97. The molecule has 31 heavy (non-hydrogen) atoms. The van der Waals surface area contributed by atoms with Gasteiger partial charge in [0.25, 0.3) is 5.91 Å². The van der Waals surface area contributed by atoms with Gasteiger partial charge in [-0.2, -0.15) is 0 Å². The molecule has 1 heterocycles. The number of nitrogens with zero attached hydrogens (tertiary/aromatic N) is 1. The lowest BCUT2D eigenvalue weighted by Crippen LogP contribution is -2.41. The average molecular weight is 426 g/mol. The number of urea groups is 1. The predicted octanol–water partition coefficient (Wildman–Crippen LogP) is 1.90. The van der Waals surface area contributed by atoms with Gasteiger partial charge in [-0.05, 0) is 30.7 Å². The van der Waals surface area contributed by atoms with Gasteiger partial charge in [-0.1, -0.05) is 30.3 Å². The van der Waals surface area contributed by atoms with Crippen molar-refractivity contribution in [3.63, 3.8) is 0 Å². The van der Waals surface area contributed by atoms with Gasteiger partial charge in [0, 0.05) is 5.56 Å². The highest BCUT2D eigenvalue weighted by atomic mass is 16.5.